The summed E-state index contributed by atoms with van der Waals surface area (Å²) in [7, 11) is 2.00. The molecule has 10 heteroatoms. The van der Waals surface area contributed by atoms with Crippen molar-refractivity contribution in [1.82, 2.24) is 19.8 Å². The van der Waals surface area contributed by atoms with Crippen LogP contribution >= 0.6 is 0 Å². The molecule has 0 aliphatic carbocycles. The predicted octanol–water partition coefficient (Wildman–Crippen LogP) is 5.50. The Hall–Kier alpha value is -3.89. The van der Waals surface area contributed by atoms with Gasteiger partial charge in [0.1, 0.15) is 5.65 Å². The Morgan fingerprint density at radius 1 is 1.05 bits per heavy atom. The van der Waals surface area contributed by atoms with Crippen LogP contribution in [0.15, 0.2) is 60.9 Å². The van der Waals surface area contributed by atoms with Crippen LogP contribution in [0.4, 0.5) is 24.5 Å². The van der Waals surface area contributed by atoms with Gasteiger partial charge in [-0.15, -0.1) is 0 Å². The first-order valence-electron chi connectivity index (χ1n) is 12.8. The third-order valence-corrected chi connectivity index (χ3v) is 7.10. The van der Waals surface area contributed by atoms with Crippen molar-refractivity contribution in [3.63, 3.8) is 0 Å². The van der Waals surface area contributed by atoms with Gasteiger partial charge in [0, 0.05) is 74.0 Å². The number of likely N-dealkylation sites (N-methyl/N-ethyl adjacent to an activating group) is 1. The minimum Gasteiger partial charge on any atom is -0.381 e. The van der Waals surface area contributed by atoms with E-state index in [1.807, 2.05) is 43.3 Å². The fourth-order valence-corrected chi connectivity index (χ4v) is 4.74. The standard InChI is InChI=1S/C29H31F3N6O/c1-19-3-6-24(15-26(19)34-16-20-13-21-7-8-33-27(21)35-17-20)36-28(39)22-4-5-23(25(14-22)29(30,31)32)18-38-11-9-37(2)10-12-38/h3-8,13-15,17,34H,9-12,16,18H2,1-2H3,(H,33,35)(H,36,39). The summed E-state index contributed by atoms with van der Waals surface area (Å²) in [5.74, 6) is -0.594. The normalized spacial score (nSPS) is 15.0. The van der Waals surface area contributed by atoms with E-state index in [0.29, 0.717) is 25.3 Å². The summed E-state index contributed by atoms with van der Waals surface area (Å²) in [4.78, 5) is 24.6. The summed E-state index contributed by atoms with van der Waals surface area (Å²) in [5, 5.41) is 7.12. The second kappa shape index (κ2) is 11.1. The Labute approximate surface area is 225 Å². The zero-order valence-electron chi connectivity index (χ0n) is 21.9. The van der Waals surface area contributed by atoms with Crippen LogP contribution in [0.5, 0.6) is 0 Å². The maximum Gasteiger partial charge on any atom is 0.416 e. The molecule has 0 radical (unpaired) electrons. The first-order valence-corrected chi connectivity index (χ1v) is 12.8. The summed E-state index contributed by atoms with van der Waals surface area (Å²) in [6.07, 6.45) is -0.931. The fourth-order valence-electron chi connectivity index (χ4n) is 4.74. The monoisotopic (exact) mass is 536 g/mol. The number of aromatic nitrogens is 2. The number of carbonyl (C=O) groups is 1. The lowest BCUT2D eigenvalue weighted by Gasteiger charge is -2.33. The smallest absolute Gasteiger partial charge is 0.381 e. The number of aromatic amines is 1. The summed E-state index contributed by atoms with van der Waals surface area (Å²) in [6, 6.07) is 13.2. The van der Waals surface area contributed by atoms with E-state index >= 15 is 0 Å². The molecule has 0 spiro atoms. The van der Waals surface area contributed by atoms with Crippen LogP contribution < -0.4 is 10.6 Å². The van der Waals surface area contributed by atoms with Gasteiger partial charge in [-0.25, -0.2) is 4.98 Å². The van der Waals surface area contributed by atoms with Gasteiger partial charge in [-0.3, -0.25) is 9.69 Å². The molecule has 0 bridgehead atoms. The highest BCUT2D eigenvalue weighted by Gasteiger charge is 2.34. The molecule has 2 aromatic carbocycles. The highest BCUT2D eigenvalue weighted by Crippen LogP contribution is 2.34. The number of halogens is 3. The molecule has 1 saturated heterocycles. The maximum atomic E-state index is 14.0. The third kappa shape index (κ3) is 6.40. The number of hydrogen-bond acceptors (Lipinski definition) is 5. The van der Waals surface area contributed by atoms with Gasteiger partial charge in [-0.2, -0.15) is 13.2 Å². The van der Waals surface area contributed by atoms with Crippen molar-refractivity contribution in [2.75, 3.05) is 43.9 Å². The Balaban J connectivity index is 1.29. The van der Waals surface area contributed by atoms with Gasteiger partial charge in [-0.05, 0) is 67.1 Å². The summed E-state index contributed by atoms with van der Waals surface area (Å²) in [5.41, 5.74) is 3.45. The number of fused-ring (bicyclic) bond motifs is 1. The fraction of sp³-hybridized carbons (Fsp3) is 0.310. The molecule has 4 aromatic rings. The lowest BCUT2D eigenvalue weighted by Crippen LogP contribution is -2.44. The number of nitrogens with one attached hydrogen (secondary N) is 3. The zero-order valence-corrected chi connectivity index (χ0v) is 21.9. The molecule has 1 amide bonds. The number of carbonyl (C=O) groups excluding carboxylic acids is 1. The van der Waals surface area contributed by atoms with Gasteiger partial charge in [0.05, 0.1) is 5.56 Å². The second-order valence-electron chi connectivity index (χ2n) is 10.0. The highest BCUT2D eigenvalue weighted by molar-refractivity contribution is 6.04. The zero-order chi connectivity index (χ0) is 27.6. The van der Waals surface area contributed by atoms with Crippen LogP contribution in [0.3, 0.4) is 0 Å². The topological polar surface area (TPSA) is 76.3 Å². The molecule has 204 valence electrons. The van der Waals surface area contributed by atoms with Crippen molar-refractivity contribution in [2.45, 2.75) is 26.2 Å². The van der Waals surface area contributed by atoms with Crippen LogP contribution in [0, 0.1) is 6.92 Å². The average Bonchev–Trinajstić information content (AvgIpc) is 3.38. The summed E-state index contributed by atoms with van der Waals surface area (Å²) < 4.78 is 41.9. The van der Waals surface area contributed by atoms with E-state index in [1.165, 1.54) is 12.1 Å². The lowest BCUT2D eigenvalue weighted by atomic mass is 10.0. The molecule has 0 saturated carbocycles. The highest BCUT2D eigenvalue weighted by atomic mass is 19.4. The van der Waals surface area contributed by atoms with E-state index in [-0.39, 0.29) is 17.7 Å². The average molecular weight is 537 g/mol. The van der Waals surface area contributed by atoms with Crippen LogP contribution in [0.1, 0.15) is 32.6 Å². The summed E-state index contributed by atoms with van der Waals surface area (Å²) in [6.45, 7) is 5.70. The van der Waals surface area contributed by atoms with E-state index in [1.54, 1.807) is 18.3 Å². The van der Waals surface area contributed by atoms with Crippen LogP contribution in [-0.2, 0) is 19.3 Å². The van der Waals surface area contributed by atoms with E-state index in [2.05, 4.69) is 25.5 Å². The van der Waals surface area contributed by atoms with Crippen molar-refractivity contribution < 1.29 is 18.0 Å². The van der Waals surface area contributed by atoms with Gasteiger partial charge in [-0.1, -0.05) is 12.1 Å². The van der Waals surface area contributed by atoms with Gasteiger partial charge in [0.25, 0.3) is 5.91 Å². The molecule has 3 N–H and O–H groups in total. The van der Waals surface area contributed by atoms with Crippen molar-refractivity contribution in [1.29, 1.82) is 0 Å². The van der Waals surface area contributed by atoms with Gasteiger partial charge >= 0.3 is 6.18 Å². The maximum absolute atomic E-state index is 14.0. The van der Waals surface area contributed by atoms with Gasteiger partial charge < -0.3 is 20.5 Å². The molecular weight excluding hydrogens is 505 g/mol. The number of hydrogen-bond donors (Lipinski definition) is 3. The van der Waals surface area contributed by atoms with E-state index < -0.39 is 17.6 Å². The number of H-pyrrole nitrogens is 1. The van der Waals surface area contributed by atoms with Gasteiger partial charge in [0.15, 0.2) is 0 Å². The molecule has 0 unspecified atom stereocenters. The van der Waals surface area contributed by atoms with Crippen molar-refractivity contribution >= 4 is 28.3 Å². The Morgan fingerprint density at radius 3 is 2.62 bits per heavy atom. The number of rotatable bonds is 7. The SMILES string of the molecule is Cc1ccc(NC(=O)c2ccc(CN3CCN(C)CC3)c(C(F)(F)F)c2)cc1NCc1cnc2[nH]ccc2c1. The molecule has 0 atom stereocenters. The number of pyridine rings is 1. The van der Waals surface area contributed by atoms with E-state index in [9.17, 15) is 18.0 Å². The Kier molecular flexibility index (Phi) is 7.58. The lowest BCUT2D eigenvalue weighted by molar-refractivity contribution is -0.138. The number of benzene rings is 2. The molecule has 2 aromatic heterocycles. The minimum atomic E-state index is -4.56. The molecule has 7 nitrogen and oxygen atoms in total. The molecular formula is C29H31F3N6O. The number of piperazine rings is 1. The molecule has 1 aliphatic heterocycles. The molecule has 3 heterocycles. The Morgan fingerprint density at radius 2 is 1.85 bits per heavy atom. The quantitative estimate of drug-likeness (QED) is 0.291. The van der Waals surface area contributed by atoms with E-state index in [4.69, 9.17) is 0 Å². The van der Waals surface area contributed by atoms with Crippen molar-refractivity contribution in [3.8, 4) is 0 Å². The van der Waals surface area contributed by atoms with Crippen LogP contribution in [-0.4, -0.2) is 58.9 Å². The number of nitrogens with zero attached hydrogens (tertiary/aromatic N) is 3. The van der Waals surface area contributed by atoms with E-state index in [0.717, 1.165) is 47.0 Å². The number of amides is 1. The van der Waals surface area contributed by atoms with Crippen molar-refractivity contribution in [3.05, 3.63) is 88.7 Å². The van der Waals surface area contributed by atoms with Crippen molar-refractivity contribution in [2.24, 2.45) is 0 Å². The van der Waals surface area contributed by atoms with Crippen LogP contribution in [0.2, 0.25) is 0 Å². The second-order valence-corrected chi connectivity index (χ2v) is 10.0. The number of aryl methyl sites for hydroxylation is 1. The molecule has 1 fully saturated rings. The largest absolute Gasteiger partial charge is 0.416 e. The minimum absolute atomic E-state index is 0.0367. The first-order chi connectivity index (χ1) is 18.7. The molecule has 39 heavy (non-hydrogen) atoms. The summed E-state index contributed by atoms with van der Waals surface area (Å²) >= 11 is 0. The number of alkyl halides is 3. The Bertz CT molecular complexity index is 1470. The predicted molar refractivity (Wildman–Crippen MR) is 147 cm³/mol. The first kappa shape index (κ1) is 26.7. The van der Waals surface area contributed by atoms with Crippen LogP contribution in [0.25, 0.3) is 11.0 Å². The molecule has 5 rings (SSSR count). The molecule has 1 aliphatic rings. The van der Waals surface area contributed by atoms with Gasteiger partial charge in [0.2, 0.25) is 0 Å². The third-order valence-electron chi connectivity index (χ3n) is 7.10. The number of anilines is 2.